The summed E-state index contributed by atoms with van der Waals surface area (Å²) in [4.78, 5) is 24.7. The number of rotatable bonds is 9. The van der Waals surface area contributed by atoms with E-state index >= 15 is 0 Å². The number of ether oxygens (including phenoxy) is 1. The third kappa shape index (κ3) is 5.95. The molecule has 7 heteroatoms. The lowest BCUT2D eigenvalue weighted by Gasteiger charge is -2.25. The highest BCUT2D eigenvalue weighted by molar-refractivity contribution is 5.93. The average molecular weight is 507 g/mol. The molecule has 0 aliphatic rings. The predicted octanol–water partition coefficient (Wildman–Crippen LogP) is 6.48. The van der Waals surface area contributed by atoms with Gasteiger partial charge in [-0.1, -0.05) is 48.5 Å². The third-order valence-electron chi connectivity index (χ3n) is 6.16. The lowest BCUT2D eigenvalue weighted by Crippen LogP contribution is -2.28. The van der Waals surface area contributed by atoms with E-state index in [0.717, 1.165) is 33.6 Å². The zero-order valence-corrected chi connectivity index (χ0v) is 21.0. The highest BCUT2D eigenvalue weighted by Gasteiger charge is 2.18. The number of carbonyl (C=O) groups is 1. The van der Waals surface area contributed by atoms with Crippen LogP contribution in [0.3, 0.4) is 0 Å². The predicted molar refractivity (Wildman–Crippen MR) is 149 cm³/mol. The van der Waals surface area contributed by atoms with Gasteiger partial charge in [-0.25, -0.2) is 14.4 Å². The van der Waals surface area contributed by atoms with E-state index in [1.54, 1.807) is 19.2 Å². The van der Waals surface area contributed by atoms with E-state index in [1.807, 2.05) is 78.9 Å². The smallest absolute Gasteiger partial charge is 0.226 e. The molecule has 0 atom stereocenters. The fourth-order valence-corrected chi connectivity index (χ4v) is 4.26. The van der Waals surface area contributed by atoms with Gasteiger partial charge in [0.1, 0.15) is 17.4 Å². The van der Waals surface area contributed by atoms with E-state index in [4.69, 9.17) is 14.7 Å². The van der Waals surface area contributed by atoms with Gasteiger partial charge in [-0.05, 0) is 60.2 Å². The number of carbonyl (C=O) groups excluding carboxylic acids is 1. The largest absolute Gasteiger partial charge is 0.497 e. The molecule has 0 saturated heterocycles. The summed E-state index contributed by atoms with van der Waals surface area (Å²) >= 11 is 0. The number of hydrogen-bond acceptors (Lipinski definition) is 5. The van der Waals surface area contributed by atoms with Crippen molar-refractivity contribution in [2.75, 3.05) is 23.9 Å². The van der Waals surface area contributed by atoms with Gasteiger partial charge in [-0.15, -0.1) is 0 Å². The molecule has 1 amide bonds. The maximum absolute atomic E-state index is 13.6. The highest BCUT2D eigenvalue weighted by Crippen LogP contribution is 2.29. The van der Waals surface area contributed by atoms with Gasteiger partial charge in [0.2, 0.25) is 5.91 Å². The number of nitrogens with zero attached hydrogens (tertiary/aromatic N) is 3. The van der Waals surface area contributed by atoms with Crippen LogP contribution in [-0.2, 0) is 11.3 Å². The highest BCUT2D eigenvalue weighted by atomic mass is 19.1. The van der Waals surface area contributed by atoms with Crippen molar-refractivity contribution in [2.24, 2.45) is 0 Å². The summed E-state index contributed by atoms with van der Waals surface area (Å²) in [7, 11) is 1.63. The maximum atomic E-state index is 13.6. The van der Waals surface area contributed by atoms with Crippen molar-refractivity contribution in [2.45, 2.75) is 13.0 Å². The lowest BCUT2D eigenvalue weighted by atomic mass is 10.1. The molecule has 5 rings (SSSR count). The van der Waals surface area contributed by atoms with Gasteiger partial charge in [-0.3, -0.25) is 4.79 Å². The first-order valence-electron chi connectivity index (χ1n) is 12.3. The summed E-state index contributed by atoms with van der Waals surface area (Å²) in [6.07, 6.45) is 0.194. The van der Waals surface area contributed by atoms with Gasteiger partial charge in [0.15, 0.2) is 5.82 Å². The quantitative estimate of drug-likeness (QED) is 0.248. The van der Waals surface area contributed by atoms with Crippen molar-refractivity contribution in [3.05, 3.63) is 115 Å². The first kappa shape index (κ1) is 24.9. The summed E-state index contributed by atoms with van der Waals surface area (Å²) in [5.74, 6) is 1.48. The SMILES string of the molecule is COc1ccc(-c2nc(N(CCC(=O)Nc3cccc(F)c3)Cc3ccccc3)c3ccccc3n2)cc1. The molecule has 38 heavy (non-hydrogen) atoms. The van der Waals surface area contributed by atoms with Crippen LogP contribution in [0, 0.1) is 5.82 Å². The molecule has 0 bridgehead atoms. The van der Waals surface area contributed by atoms with Crippen LogP contribution in [0.25, 0.3) is 22.3 Å². The summed E-state index contributed by atoms with van der Waals surface area (Å²) in [6, 6.07) is 31.4. The van der Waals surface area contributed by atoms with Crippen molar-refractivity contribution >= 4 is 28.3 Å². The van der Waals surface area contributed by atoms with Crippen LogP contribution in [0.5, 0.6) is 5.75 Å². The summed E-state index contributed by atoms with van der Waals surface area (Å²) in [6.45, 7) is 0.955. The molecular weight excluding hydrogens is 479 g/mol. The van der Waals surface area contributed by atoms with Crippen molar-refractivity contribution in [3.63, 3.8) is 0 Å². The minimum absolute atomic E-state index is 0.194. The van der Waals surface area contributed by atoms with Crippen molar-refractivity contribution in [1.82, 2.24) is 9.97 Å². The molecule has 4 aromatic carbocycles. The Morgan fingerprint density at radius 2 is 1.66 bits per heavy atom. The van der Waals surface area contributed by atoms with Crippen molar-refractivity contribution in [3.8, 4) is 17.1 Å². The number of anilines is 2. The van der Waals surface area contributed by atoms with Crippen LogP contribution in [-0.4, -0.2) is 29.5 Å². The van der Waals surface area contributed by atoms with E-state index in [-0.39, 0.29) is 12.3 Å². The zero-order chi connectivity index (χ0) is 26.3. The number of nitrogens with one attached hydrogen (secondary N) is 1. The number of fused-ring (bicyclic) bond motifs is 1. The normalized spacial score (nSPS) is 10.8. The molecular formula is C31H27FN4O2. The Morgan fingerprint density at radius 1 is 0.895 bits per heavy atom. The van der Waals surface area contributed by atoms with E-state index in [2.05, 4.69) is 10.2 Å². The summed E-state index contributed by atoms with van der Waals surface area (Å²) in [5.41, 5.74) is 3.19. The monoisotopic (exact) mass is 506 g/mol. The molecule has 5 aromatic rings. The topological polar surface area (TPSA) is 67.3 Å². The first-order valence-corrected chi connectivity index (χ1v) is 12.3. The molecule has 6 nitrogen and oxygen atoms in total. The summed E-state index contributed by atoms with van der Waals surface area (Å²) < 4.78 is 18.9. The average Bonchev–Trinajstić information content (AvgIpc) is 2.95. The van der Waals surface area contributed by atoms with Gasteiger partial charge < -0.3 is 15.0 Å². The van der Waals surface area contributed by atoms with Gasteiger partial charge >= 0.3 is 0 Å². The van der Waals surface area contributed by atoms with Gasteiger partial charge in [0.05, 0.1) is 12.6 Å². The van der Waals surface area contributed by atoms with Gasteiger partial charge in [0.25, 0.3) is 0 Å². The molecule has 0 saturated carbocycles. The van der Waals surface area contributed by atoms with Crippen LogP contribution < -0.4 is 15.0 Å². The maximum Gasteiger partial charge on any atom is 0.226 e. The molecule has 1 N–H and O–H groups in total. The third-order valence-corrected chi connectivity index (χ3v) is 6.16. The molecule has 0 radical (unpaired) electrons. The molecule has 0 aliphatic carbocycles. The molecule has 0 aliphatic heterocycles. The molecule has 1 heterocycles. The van der Waals surface area contributed by atoms with Crippen LogP contribution in [0.15, 0.2) is 103 Å². The van der Waals surface area contributed by atoms with Crippen LogP contribution in [0.2, 0.25) is 0 Å². The Labute approximate surface area is 220 Å². The van der Waals surface area contributed by atoms with Crippen LogP contribution >= 0.6 is 0 Å². The minimum atomic E-state index is -0.396. The van der Waals surface area contributed by atoms with Crippen molar-refractivity contribution < 1.29 is 13.9 Å². The number of hydrogen-bond donors (Lipinski definition) is 1. The van der Waals surface area contributed by atoms with E-state index < -0.39 is 5.82 Å². The second kappa shape index (κ2) is 11.5. The standard InChI is InChI=1S/C31H27FN4O2/c1-38-26-16-14-23(15-17-26)30-34-28-13-6-5-12-27(28)31(35-30)36(21-22-8-3-2-4-9-22)19-18-29(37)33-25-11-7-10-24(32)20-25/h2-17,20H,18-19,21H2,1H3,(H,33,37). The second-order valence-electron chi connectivity index (χ2n) is 8.83. The fourth-order valence-electron chi connectivity index (χ4n) is 4.26. The molecule has 0 fully saturated rings. The fraction of sp³-hybridized carbons (Fsp3) is 0.129. The number of aromatic nitrogens is 2. The molecule has 0 unspecified atom stereocenters. The number of amides is 1. The van der Waals surface area contributed by atoms with E-state index in [1.165, 1.54) is 12.1 Å². The Kier molecular flexibility index (Phi) is 7.54. The minimum Gasteiger partial charge on any atom is -0.497 e. The Balaban J connectivity index is 1.49. The van der Waals surface area contributed by atoms with E-state index in [9.17, 15) is 9.18 Å². The Hall–Kier alpha value is -4.78. The molecule has 0 spiro atoms. The van der Waals surface area contributed by atoms with Crippen molar-refractivity contribution in [1.29, 1.82) is 0 Å². The lowest BCUT2D eigenvalue weighted by molar-refractivity contribution is -0.116. The van der Waals surface area contributed by atoms with Crippen LogP contribution in [0.4, 0.5) is 15.9 Å². The molecule has 1 aromatic heterocycles. The Morgan fingerprint density at radius 3 is 2.42 bits per heavy atom. The van der Waals surface area contributed by atoms with Gasteiger partial charge in [0, 0.05) is 36.1 Å². The molecule has 190 valence electrons. The number of para-hydroxylation sites is 1. The zero-order valence-electron chi connectivity index (χ0n) is 21.0. The number of halogens is 1. The Bertz CT molecular complexity index is 1540. The van der Waals surface area contributed by atoms with Gasteiger partial charge in [-0.2, -0.15) is 0 Å². The summed E-state index contributed by atoms with van der Waals surface area (Å²) in [5, 5.41) is 3.68. The second-order valence-corrected chi connectivity index (χ2v) is 8.83. The van der Waals surface area contributed by atoms with Crippen LogP contribution in [0.1, 0.15) is 12.0 Å². The van der Waals surface area contributed by atoms with E-state index in [0.29, 0.717) is 24.6 Å². The first-order chi connectivity index (χ1) is 18.6. The number of benzene rings is 4. The number of methoxy groups -OCH3 is 1.